The molecule has 3 amide bonds. The van der Waals surface area contributed by atoms with Gasteiger partial charge in [0.15, 0.2) is 9.34 Å². The smallest absolute Gasteiger partial charge is 0.252 e. The summed E-state index contributed by atoms with van der Waals surface area (Å²) in [5, 5.41) is 5.76. The molecule has 4 rings (SSSR count). The molecular weight excluding hydrogens is 576 g/mol. The van der Waals surface area contributed by atoms with E-state index in [1.807, 2.05) is 30.0 Å². The first kappa shape index (κ1) is 32.1. The van der Waals surface area contributed by atoms with E-state index in [1.54, 1.807) is 6.92 Å². The number of aromatic nitrogens is 1. The van der Waals surface area contributed by atoms with Crippen molar-refractivity contribution in [3.8, 4) is 0 Å². The van der Waals surface area contributed by atoms with E-state index in [1.165, 1.54) is 12.5 Å². The molecule has 1 atom stereocenters. The van der Waals surface area contributed by atoms with Gasteiger partial charge in [-0.3, -0.25) is 14.4 Å². The number of piperazine rings is 1. The number of carbonyl (C=O) groups excluding carboxylic acids is 3. The zero-order valence-corrected chi connectivity index (χ0v) is 26.3. The minimum Gasteiger partial charge on any atom is -0.342 e. The molecule has 11 nitrogen and oxygen atoms in total. The number of unbranched alkanes of at least 4 members (excludes halogenated alkanes) is 1. The van der Waals surface area contributed by atoms with Crippen molar-refractivity contribution < 1.29 is 22.8 Å². The monoisotopic (exact) mass is 618 g/mol. The maximum atomic E-state index is 13.6. The number of aryl methyl sites for hydroxylation is 1. The predicted octanol–water partition coefficient (Wildman–Crippen LogP) is 2.67. The lowest BCUT2D eigenvalue weighted by Crippen LogP contribution is -2.72. The van der Waals surface area contributed by atoms with Crippen LogP contribution in [0.2, 0.25) is 0 Å². The normalized spacial score (nSPS) is 19.2. The average Bonchev–Trinajstić information content (AvgIpc) is 3.33. The van der Waals surface area contributed by atoms with Crippen LogP contribution in [0.4, 0.5) is 5.13 Å². The Hall–Kier alpha value is -2.87. The van der Waals surface area contributed by atoms with Crippen LogP contribution >= 0.6 is 11.3 Å². The van der Waals surface area contributed by atoms with E-state index in [2.05, 4.69) is 37.4 Å². The van der Waals surface area contributed by atoms with E-state index in [0.717, 1.165) is 43.8 Å². The Morgan fingerprint density at radius 1 is 1.14 bits per heavy atom. The van der Waals surface area contributed by atoms with Crippen molar-refractivity contribution in [2.45, 2.75) is 81.5 Å². The molecule has 0 bridgehead atoms. The predicted molar refractivity (Wildman–Crippen MR) is 163 cm³/mol. The SMILES string of the molecule is CCCN1C(=O)[C@H](CCCCNS(=O)(=O)c2sc(NC(C)=O)nc2C)NC(=O)C12CCN(CCc1ccccc1)CC2. The molecule has 1 aromatic heterocycles. The summed E-state index contributed by atoms with van der Waals surface area (Å²) in [5.41, 5.74) is 0.811. The van der Waals surface area contributed by atoms with E-state index in [9.17, 15) is 22.8 Å². The summed E-state index contributed by atoms with van der Waals surface area (Å²) in [5.74, 6) is -0.433. The van der Waals surface area contributed by atoms with Gasteiger partial charge in [0, 0.05) is 39.6 Å². The van der Waals surface area contributed by atoms with Crippen molar-refractivity contribution in [3.63, 3.8) is 0 Å². The summed E-state index contributed by atoms with van der Waals surface area (Å²) in [6.45, 7) is 8.13. The van der Waals surface area contributed by atoms with Crippen LogP contribution in [0.1, 0.15) is 63.6 Å². The lowest BCUT2D eigenvalue weighted by atomic mass is 9.81. The summed E-state index contributed by atoms with van der Waals surface area (Å²) >= 11 is 0.905. The van der Waals surface area contributed by atoms with Gasteiger partial charge in [-0.2, -0.15) is 0 Å². The fraction of sp³-hybridized carbons (Fsp3) is 0.586. The van der Waals surface area contributed by atoms with Crippen LogP contribution in [0.3, 0.4) is 0 Å². The Bertz CT molecular complexity index is 1360. The van der Waals surface area contributed by atoms with Crippen molar-refractivity contribution in [2.75, 3.05) is 38.0 Å². The molecule has 42 heavy (non-hydrogen) atoms. The van der Waals surface area contributed by atoms with Gasteiger partial charge in [-0.1, -0.05) is 48.6 Å². The lowest BCUT2D eigenvalue weighted by Gasteiger charge is -2.51. The molecule has 2 aliphatic heterocycles. The Morgan fingerprint density at radius 2 is 1.86 bits per heavy atom. The van der Waals surface area contributed by atoms with Gasteiger partial charge in [0.05, 0.1) is 5.69 Å². The Labute approximate surface area is 252 Å². The van der Waals surface area contributed by atoms with E-state index in [4.69, 9.17) is 0 Å². The van der Waals surface area contributed by atoms with Crippen LogP contribution in [0.25, 0.3) is 0 Å². The number of carbonyl (C=O) groups is 3. The van der Waals surface area contributed by atoms with Gasteiger partial charge in [0.2, 0.25) is 17.7 Å². The van der Waals surface area contributed by atoms with Crippen LogP contribution in [-0.2, 0) is 30.8 Å². The van der Waals surface area contributed by atoms with E-state index >= 15 is 0 Å². The molecule has 3 heterocycles. The molecule has 0 radical (unpaired) electrons. The highest BCUT2D eigenvalue weighted by atomic mass is 32.2. The molecule has 2 aromatic rings. The zero-order valence-electron chi connectivity index (χ0n) is 24.6. The van der Waals surface area contributed by atoms with Gasteiger partial charge < -0.3 is 20.4 Å². The number of hydrogen-bond donors (Lipinski definition) is 3. The minimum atomic E-state index is -3.78. The summed E-state index contributed by atoms with van der Waals surface area (Å²) in [6, 6.07) is 9.76. The van der Waals surface area contributed by atoms with Gasteiger partial charge in [-0.15, -0.1) is 0 Å². The number of rotatable bonds is 13. The van der Waals surface area contributed by atoms with Crippen LogP contribution in [-0.4, -0.2) is 85.2 Å². The van der Waals surface area contributed by atoms with Gasteiger partial charge in [-0.05, 0) is 57.4 Å². The van der Waals surface area contributed by atoms with Crippen molar-refractivity contribution in [3.05, 3.63) is 41.6 Å². The number of sulfonamides is 1. The number of likely N-dealkylation sites (tertiary alicyclic amines) is 1. The van der Waals surface area contributed by atoms with Crippen LogP contribution < -0.4 is 15.4 Å². The lowest BCUT2D eigenvalue weighted by molar-refractivity contribution is -0.161. The van der Waals surface area contributed by atoms with Crippen LogP contribution in [0, 0.1) is 6.92 Å². The first-order chi connectivity index (χ1) is 20.1. The van der Waals surface area contributed by atoms with Crippen molar-refractivity contribution >= 4 is 44.2 Å². The zero-order chi connectivity index (χ0) is 30.3. The Morgan fingerprint density at radius 3 is 2.52 bits per heavy atom. The van der Waals surface area contributed by atoms with E-state index in [-0.39, 0.29) is 33.6 Å². The number of nitrogens with zero attached hydrogens (tertiary/aromatic N) is 3. The Kier molecular flexibility index (Phi) is 10.7. The average molecular weight is 619 g/mol. The van der Waals surface area contributed by atoms with Crippen molar-refractivity contribution in [1.29, 1.82) is 0 Å². The molecule has 1 aromatic carbocycles. The second-order valence-corrected chi connectivity index (χ2v) is 14.1. The molecular formula is C29H42N6O5S2. The molecule has 2 saturated heterocycles. The van der Waals surface area contributed by atoms with E-state index < -0.39 is 21.6 Å². The third kappa shape index (κ3) is 7.55. The summed E-state index contributed by atoms with van der Waals surface area (Å²) in [6.07, 6.45) is 4.48. The number of piperidine rings is 1. The van der Waals surface area contributed by atoms with Crippen LogP contribution in [0.15, 0.2) is 34.5 Å². The maximum absolute atomic E-state index is 13.6. The maximum Gasteiger partial charge on any atom is 0.252 e. The summed E-state index contributed by atoms with van der Waals surface area (Å²) in [7, 11) is -3.78. The molecule has 3 N–H and O–H groups in total. The third-order valence-electron chi connectivity index (χ3n) is 7.99. The fourth-order valence-electron chi connectivity index (χ4n) is 5.78. The number of benzene rings is 1. The van der Waals surface area contributed by atoms with Crippen LogP contribution in [0.5, 0.6) is 0 Å². The second-order valence-electron chi connectivity index (χ2n) is 11.1. The first-order valence-electron chi connectivity index (χ1n) is 14.7. The van der Waals surface area contributed by atoms with Gasteiger partial charge in [0.25, 0.3) is 10.0 Å². The molecule has 0 unspecified atom stereocenters. The van der Waals surface area contributed by atoms with Gasteiger partial charge in [0.1, 0.15) is 11.6 Å². The molecule has 0 aliphatic carbocycles. The molecule has 2 aliphatic rings. The number of nitrogens with one attached hydrogen (secondary N) is 3. The highest BCUT2D eigenvalue weighted by molar-refractivity contribution is 7.91. The largest absolute Gasteiger partial charge is 0.342 e. The quantitative estimate of drug-likeness (QED) is 0.293. The molecule has 0 saturated carbocycles. The number of thiazole rings is 1. The van der Waals surface area contributed by atoms with Gasteiger partial charge in [-0.25, -0.2) is 18.1 Å². The Balaban J connectivity index is 1.27. The molecule has 13 heteroatoms. The van der Waals surface area contributed by atoms with Crippen molar-refractivity contribution in [2.24, 2.45) is 0 Å². The molecule has 2 fully saturated rings. The number of anilines is 1. The van der Waals surface area contributed by atoms with E-state index in [0.29, 0.717) is 44.3 Å². The standard InChI is InChI=1S/C29H42N6O5S2/c1-4-17-35-25(37)24(12-8-9-16-30-42(39,40)26-21(2)31-28(41-26)32-22(3)36)33-27(38)29(35)14-19-34(20-15-29)18-13-23-10-6-5-7-11-23/h5-7,10-11,24,30H,4,8-9,12-20H2,1-3H3,(H,33,38)(H,31,32,36)/t24-/m0/s1. The topological polar surface area (TPSA) is 141 Å². The highest BCUT2D eigenvalue weighted by Crippen LogP contribution is 2.34. The molecule has 230 valence electrons. The highest BCUT2D eigenvalue weighted by Gasteiger charge is 2.53. The fourth-order valence-corrected chi connectivity index (χ4v) is 8.35. The second kappa shape index (κ2) is 14.1. The first-order valence-corrected chi connectivity index (χ1v) is 17.0. The van der Waals surface area contributed by atoms with Gasteiger partial charge >= 0.3 is 0 Å². The number of hydrogen-bond acceptors (Lipinski definition) is 8. The summed E-state index contributed by atoms with van der Waals surface area (Å²) in [4.78, 5) is 46.7. The molecule has 1 spiro atoms. The minimum absolute atomic E-state index is 0.0412. The third-order valence-corrected chi connectivity index (χ3v) is 11.1. The van der Waals surface area contributed by atoms with Crippen molar-refractivity contribution in [1.82, 2.24) is 24.8 Å². The number of amides is 3. The summed E-state index contributed by atoms with van der Waals surface area (Å²) < 4.78 is 28.2.